The van der Waals surface area contributed by atoms with Gasteiger partial charge in [-0.3, -0.25) is 9.47 Å². The number of hydrogen-bond donors (Lipinski definition) is 0. The van der Waals surface area contributed by atoms with Crippen molar-refractivity contribution in [3.05, 3.63) is 41.7 Å². The topological polar surface area (TPSA) is 35.2 Å². The molecule has 1 aliphatic carbocycles. The SMILES string of the molecule is C=CCn1c(-c2ccccc2OC)nn(CN2CCC[C@@H]3CCCC[C@@H]32)c1=S. The summed E-state index contributed by atoms with van der Waals surface area (Å²) in [6.45, 7) is 6.45. The van der Waals surface area contributed by atoms with Crippen molar-refractivity contribution in [2.24, 2.45) is 5.92 Å². The summed E-state index contributed by atoms with van der Waals surface area (Å²) in [4.78, 5) is 2.61. The Morgan fingerprint density at radius 1 is 1.21 bits per heavy atom. The molecule has 0 spiro atoms. The highest BCUT2D eigenvalue weighted by Crippen LogP contribution is 2.36. The highest BCUT2D eigenvalue weighted by molar-refractivity contribution is 7.71. The van der Waals surface area contributed by atoms with Crippen LogP contribution in [0.1, 0.15) is 38.5 Å². The lowest BCUT2D eigenvalue weighted by Gasteiger charge is -2.43. The van der Waals surface area contributed by atoms with Crippen molar-refractivity contribution in [1.29, 1.82) is 0 Å². The van der Waals surface area contributed by atoms with Gasteiger partial charge in [-0.2, -0.15) is 5.10 Å². The number of piperidine rings is 1. The summed E-state index contributed by atoms with van der Waals surface area (Å²) in [5, 5.41) is 4.94. The second-order valence-corrected chi connectivity index (χ2v) is 8.28. The number of aromatic nitrogens is 3. The molecule has 150 valence electrons. The summed E-state index contributed by atoms with van der Waals surface area (Å²) in [5.41, 5.74) is 0.964. The van der Waals surface area contributed by atoms with Crippen molar-refractivity contribution < 1.29 is 4.74 Å². The van der Waals surface area contributed by atoms with E-state index in [0.29, 0.717) is 12.6 Å². The molecule has 4 rings (SSSR count). The first-order valence-electron chi connectivity index (χ1n) is 10.4. The van der Waals surface area contributed by atoms with Gasteiger partial charge in [0, 0.05) is 19.1 Å². The third-order valence-corrected chi connectivity index (χ3v) is 6.69. The van der Waals surface area contributed by atoms with Crippen LogP contribution in [0.4, 0.5) is 0 Å². The van der Waals surface area contributed by atoms with Crippen molar-refractivity contribution in [2.75, 3.05) is 13.7 Å². The molecular formula is C22H30N4OS. The third kappa shape index (κ3) is 3.67. The molecule has 1 saturated heterocycles. The average Bonchev–Trinajstić information content (AvgIpc) is 3.04. The molecule has 1 saturated carbocycles. The lowest BCUT2D eigenvalue weighted by Crippen LogP contribution is -2.47. The van der Waals surface area contributed by atoms with Gasteiger partial charge in [0.2, 0.25) is 0 Å². The fourth-order valence-electron chi connectivity index (χ4n) is 4.93. The minimum absolute atomic E-state index is 0.637. The standard InChI is InChI=1S/C22H30N4OS/c1-3-14-25-21(18-11-5-7-13-20(18)27-2)23-26(22(25)28)16-24-15-8-10-17-9-4-6-12-19(17)24/h3,5,7,11,13,17,19H,1,4,6,8-10,12,14-16H2,2H3/t17-,19-/m0/s1. The Labute approximate surface area is 172 Å². The molecule has 2 heterocycles. The van der Waals surface area contributed by atoms with Gasteiger partial charge in [-0.05, 0) is 56.0 Å². The summed E-state index contributed by atoms with van der Waals surface area (Å²) in [5.74, 6) is 2.51. The lowest BCUT2D eigenvalue weighted by atomic mass is 9.78. The van der Waals surface area contributed by atoms with Crippen LogP contribution in [-0.2, 0) is 13.2 Å². The predicted octanol–water partition coefficient (Wildman–Crippen LogP) is 4.89. The van der Waals surface area contributed by atoms with Gasteiger partial charge in [0.1, 0.15) is 5.75 Å². The molecule has 1 aromatic carbocycles. The maximum atomic E-state index is 5.82. The number of ether oxygens (including phenoxy) is 1. The zero-order chi connectivity index (χ0) is 19.5. The molecule has 1 aromatic heterocycles. The monoisotopic (exact) mass is 398 g/mol. The van der Waals surface area contributed by atoms with Crippen LogP contribution in [0.5, 0.6) is 5.75 Å². The smallest absolute Gasteiger partial charge is 0.199 e. The van der Waals surface area contributed by atoms with Gasteiger partial charge in [0.15, 0.2) is 10.6 Å². The van der Waals surface area contributed by atoms with Crippen molar-refractivity contribution >= 4 is 12.2 Å². The molecule has 28 heavy (non-hydrogen) atoms. The van der Waals surface area contributed by atoms with Gasteiger partial charge in [-0.15, -0.1) is 6.58 Å². The van der Waals surface area contributed by atoms with Gasteiger partial charge < -0.3 is 4.74 Å². The van der Waals surface area contributed by atoms with E-state index in [2.05, 4.69) is 16.0 Å². The summed E-state index contributed by atoms with van der Waals surface area (Å²) < 4.78 is 10.4. The molecule has 2 aliphatic rings. The van der Waals surface area contributed by atoms with Gasteiger partial charge in [0.25, 0.3) is 0 Å². The highest BCUT2D eigenvalue weighted by Gasteiger charge is 2.33. The first-order chi connectivity index (χ1) is 13.7. The van der Waals surface area contributed by atoms with E-state index >= 15 is 0 Å². The van der Waals surface area contributed by atoms with Crippen molar-refractivity contribution in [1.82, 2.24) is 19.2 Å². The Hall–Kier alpha value is -1.92. The molecule has 5 nitrogen and oxygen atoms in total. The molecule has 0 amide bonds. The minimum Gasteiger partial charge on any atom is -0.496 e. The van der Waals surface area contributed by atoms with E-state index in [-0.39, 0.29) is 0 Å². The predicted molar refractivity (Wildman–Crippen MR) is 115 cm³/mol. The maximum absolute atomic E-state index is 5.82. The van der Waals surface area contributed by atoms with E-state index in [0.717, 1.165) is 41.0 Å². The second-order valence-electron chi connectivity index (χ2n) is 7.91. The van der Waals surface area contributed by atoms with Crippen LogP contribution in [0.25, 0.3) is 11.4 Å². The van der Waals surface area contributed by atoms with E-state index in [4.69, 9.17) is 22.1 Å². The maximum Gasteiger partial charge on any atom is 0.199 e. The van der Waals surface area contributed by atoms with Crippen molar-refractivity contribution in [3.8, 4) is 17.1 Å². The highest BCUT2D eigenvalue weighted by atomic mass is 32.1. The Kier molecular flexibility index (Phi) is 5.97. The molecule has 6 heteroatoms. The van der Waals surface area contributed by atoms with Gasteiger partial charge >= 0.3 is 0 Å². The quantitative estimate of drug-likeness (QED) is 0.513. The molecule has 2 aromatic rings. The molecule has 0 unspecified atom stereocenters. The Bertz CT molecular complexity index is 885. The summed E-state index contributed by atoms with van der Waals surface area (Å²) >= 11 is 5.82. The summed E-state index contributed by atoms with van der Waals surface area (Å²) in [7, 11) is 1.69. The third-order valence-electron chi connectivity index (χ3n) is 6.26. The number of hydrogen-bond acceptors (Lipinski definition) is 4. The summed E-state index contributed by atoms with van der Waals surface area (Å²) in [6.07, 6.45) is 9.96. The van der Waals surface area contributed by atoms with E-state index in [9.17, 15) is 0 Å². The molecule has 2 fully saturated rings. The Morgan fingerprint density at radius 3 is 2.82 bits per heavy atom. The fraction of sp³-hybridized carbons (Fsp3) is 0.545. The van der Waals surface area contributed by atoms with E-state index in [1.807, 2.05) is 35.0 Å². The van der Waals surface area contributed by atoms with Crippen LogP contribution in [-0.4, -0.2) is 38.9 Å². The molecule has 2 atom stereocenters. The van der Waals surface area contributed by atoms with Crippen LogP contribution in [0.2, 0.25) is 0 Å². The first-order valence-corrected chi connectivity index (χ1v) is 10.8. The Balaban J connectivity index is 1.68. The van der Waals surface area contributed by atoms with E-state index in [1.165, 1.54) is 38.5 Å². The van der Waals surface area contributed by atoms with Crippen LogP contribution >= 0.6 is 12.2 Å². The van der Waals surface area contributed by atoms with Gasteiger partial charge in [-0.25, -0.2) is 4.68 Å². The number of rotatable bonds is 6. The molecule has 1 aliphatic heterocycles. The first kappa shape index (κ1) is 19.4. The number of methoxy groups -OCH3 is 1. The molecule has 0 N–H and O–H groups in total. The normalized spacial score (nSPS) is 22.6. The summed E-state index contributed by atoms with van der Waals surface area (Å²) in [6, 6.07) is 8.67. The van der Waals surface area contributed by atoms with E-state index < -0.39 is 0 Å². The zero-order valence-corrected chi connectivity index (χ0v) is 17.5. The number of allylic oxidation sites excluding steroid dienone is 1. The van der Waals surface area contributed by atoms with E-state index in [1.54, 1.807) is 7.11 Å². The van der Waals surface area contributed by atoms with Crippen LogP contribution in [0, 0.1) is 10.7 Å². The number of para-hydroxylation sites is 1. The van der Waals surface area contributed by atoms with Crippen LogP contribution in [0.3, 0.4) is 0 Å². The number of nitrogens with zero attached hydrogens (tertiary/aromatic N) is 4. The van der Waals surface area contributed by atoms with Crippen molar-refractivity contribution in [3.63, 3.8) is 0 Å². The lowest BCUT2D eigenvalue weighted by molar-refractivity contribution is 0.0323. The molecule has 0 bridgehead atoms. The van der Waals surface area contributed by atoms with Gasteiger partial charge in [-0.1, -0.05) is 31.1 Å². The van der Waals surface area contributed by atoms with Gasteiger partial charge in [0.05, 0.1) is 19.3 Å². The van der Waals surface area contributed by atoms with Crippen LogP contribution < -0.4 is 4.74 Å². The molecule has 0 radical (unpaired) electrons. The number of benzene rings is 1. The van der Waals surface area contributed by atoms with Crippen LogP contribution in [0.15, 0.2) is 36.9 Å². The zero-order valence-electron chi connectivity index (χ0n) is 16.7. The Morgan fingerprint density at radius 2 is 2.00 bits per heavy atom. The fourth-order valence-corrected chi connectivity index (χ4v) is 5.19. The second kappa shape index (κ2) is 8.62. The number of fused-ring (bicyclic) bond motifs is 1. The number of likely N-dealkylation sites (tertiary alicyclic amines) is 1. The minimum atomic E-state index is 0.637. The molecular weight excluding hydrogens is 368 g/mol. The largest absolute Gasteiger partial charge is 0.496 e. The van der Waals surface area contributed by atoms with Crippen molar-refractivity contribution in [2.45, 2.75) is 57.8 Å². The average molecular weight is 399 g/mol.